The fourth-order valence-electron chi connectivity index (χ4n) is 5.40. The molecular formula is C33H28F6N10O3. The van der Waals surface area contributed by atoms with Gasteiger partial charge in [0.15, 0.2) is 45.5 Å². The van der Waals surface area contributed by atoms with Gasteiger partial charge in [0, 0.05) is 24.2 Å². The summed E-state index contributed by atoms with van der Waals surface area (Å²) in [7, 11) is 0. The number of hydrogen-bond donors (Lipinski definition) is 2. The van der Waals surface area contributed by atoms with E-state index in [0.29, 0.717) is 46.3 Å². The molecule has 0 saturated heterocycles. The monoisotopic (exact) mass is 726 g/mol. The van der Waals surface area contributed by atoms with Gasteiger partial charge in [-0.15, -0.1) is 0 Å². The molecule has 0 atom stereocenters. The van der Waals surface area contributed by atoms with Crippen LogP contribution in [0.3, 0.4) is 0 Å². The van der Waals surface area contributed by atoms with Crippen LogP contribution in [0.4, 0.5) is 38.0 Å². The summed E-state index contributed by atoms with van der Waals surface area (Å²) in [4.78, 5) is 23.2. The van der Waals surface area contributed by atoms with Crippen molar-refractivity contribution in [1.29, 1.82) is 0 Å². The minimum atomic E-state index is -4.65. The summed E-state index contributed by atoms with van der Waals surface area (Å²) in [6.45, 7) is 2.46. The van der Waals surface area contributed by atoms with Crippen LogP contribution in [0.15, 0.2) is 55.1 Å². The van der Waals surface area contributed by atoms with E-state index in [9.17, 15) is 26.3 Å². The van der Waals surface area contributed by atoms with Crippen LogP contribution < -0.4 is 24.8 Å². The van der Waals surface area contributed by atoms with Crippen molar-refractivity contribution in [3.05, 3.63) is 66.8 Å². The second-order valence-electron chi connectivity index (χ2n) is 12.2. The number of hydrogen-bond acceptors (Lipinski definition) is 11. The molecule has 9 rings (SSSR count). The standard InChI is InChI=1S/C17H16F3N5O.C16H12F3N5O2/c1-2-26-12-5-3-4-11(8-12)25-9-21-13-14(22-10-6-7-10)23-16(17(18,19)20)24-15(13)25;17-16(18,19)15-22-13(21-8-1-2-8)12-14(23-15)24(6-20-12)9-3-4-10-11(5-9)26-7-25-10/h3-5,8-10H,2,6-7H2,1H3,(H,22,23,24);3-6,8H,1-2,7H2,(H,21,22,23). The Kier molecular flexibility index (Phi) is 8.13. The van der Waals surface area contributed by atoms with Gasteiger partial charge in [-0.1, -0.05) is 6.07 Å². The van der Waals surface area contributed by atoms with E-state index in [4.69, 9.17) is 14.2 Å². The van der Waals surface area contributed by atoms with E-state index >= 15 is 0 Å². The Hall–Kier alpha value is -5.88. The van der Waals surface area contributed by atoms with Crippen molar-refractivity contribution in [1.82, 2.24) is 39.0 Å². The first-order chi connectivity index (χ1) is 24.9. The molecule has 2 N–H and O–H groups in total. The zero-order valence-electron chi connectivity index (χ0n) is 27.2. The molecule has 5 heterocycles. The van der Waals surface area contributed by atoms with Gasteiger partial charge in [-0.3, -0.25) is 9.13 Å². The van der Waals surface area contributed by atoms with Gasteiger partial charge in [0.1, 0.15) is 18.4 Å². The number of alkyl halides is 6. The molecule has 2 aromatic carbocycles. The van der Waals surface area contributed by atoms with Gasteiger partial charge in [0.2, 0.25) is 18.4 Å². The Morgan fingerprint density at radius 1 is 0.712 bits per heavy atom. The smallest absolute Gasteiger partial charge is 0.451 e. The van der Waals surface area contributed by atoms with Gasteiger partial charge in [0.05, 0.1) is 18.0 Å². The third-order valence-corrected chi connectivity index (χ3v) is 8.18. The second kappa shape index (κ2) is 12.7. The van der Waals surface area contributed by atoms with E-state index < -0.39 is 24.0 Å². The van der Waals surface area contributed by atoms with E-state index in [0.717, 1.165) is 25.7 Å². The molecule has 0 spiro atoms. The molecule has 2 saturated carbocycles. The highest BCUT2D eigenvalue weighted by molar-refractivity contribution is 5.85. The van der Waals surface area contributed by atoms with Crippen molar-refractivity contribution in [2.75, 3.05) is 24.0 Å². The normalized spacial score (nSPS) is 15.4. The molecule has 4 aromatic heterocycles. The van der Waals surface area contributed by atoms with Gasteiger partial charge in [0.25, 0.3) is 0 Å². The molecule has 2 fully saturated rings. The Morgan fingerprint density at radius 3 is 1.77 bits per heavy atom. The topological polar surface area (TPSA) is 139 Å². The van der Waals surface area contributed by atoms with Crippen molar-refractivity contribution in [3.63, 3.8) is 0 Å². The average molecular weight is 727 g/mol. The highest BCUT2D eigenvalue weighted by Gasteiger charge is 2.38. The molecule has 2 aliphatic carbocycles. The Balaban J connectivity index is 0.000000149. The lowest BCUT2D eigenvalue weighted by atomic mass is 10.2. The lowest BCUT2D eigenvalue weighted by Crippen LogP contribution is -2.15. The molecular weight excluding hydrogens is 698 g/mol. The average Bonchev–Trinajstić information content (AvgIpc) is 3.94. The van der Waals surface area contributed by atoms with Crippen molar-refractivity contribution in [3.8, 4) is 28.6 Å². The zero-order valence-corrected chi connectivity index (χ0v) is 27.2. The highest BCUT2D eigenvalue weighted by Crippen LogP contribution is 2.37. The molecule has 52 heavy (non-hydrogen) atoms. The van der Waals surface area contributed by atoms with Crippen LogP contribution in [0.25, 0.3) is 33.7 Å². The predicted molar refractivity (Wildman–Crippen MR) is 174 cm³/mol. The van der Waals surface area contributed by atoms with Crippen LogP contribution in [0, 0.1) is 0 Å². The minimum Gasteiger partial charge on any atom is -0.494 e. The maximum Gasteiger partial charge on any atom is 0.451 e. The van der Waals surface area contributed by atoms with Gasteiger partial charge in [-0.25, -0.2) is 29.9 Å². The lowest BCUT2D eigenvalue weighted by Gasteiger charge is -2.11. The molecule has 0 amide bonds. The van der Waals surface area contributed by atoms with Crippen LogP contribution in [0.5, 0.6) is 17.2 Å². The number of aromatic nitrogens is 8. The fraction of sp³-hybridized carbons (Fsp3) is 0.333. The number of anilines is 2. The van der Waals surface area contributed by atoms with Crippen LogP contribution in [0.1, 0.15) is 44.3 Å². The van der Waals surface area contributed by atoms with Crippen molar-refractivity contribution in [2.45, 2.75) is 57.0 Å². The van der Waals surface area contributed by atoms with Crippen LogP contribution in [-0.2, 0) is 12.4 Å². The third kappa shape index (κ3) is 6.76. The van der Waals surface area contributed by atoms with Gasteiger partial charge < -0.3 is 24.8 Å². The number of benzene rings is 2. The number of nitrogens with zero attached hydrogens (tertiary/aromatic N) is 8. The molecule has 19 heteroatoms. The maximum absolute atomic E-state index is 13.3. The van der Waals surface area contributed by atoms with E-state index in [2.05, 4.69) is 40.5 Å². The number of nitrogens with one attached hydrogen (secondary N) is 2. The van der Waals surface area contributed by atoms with Gasteiger partial charge in [-0.2, -0.15) is 26.3 Å². The summed E-state index contributed by atoms with van der Waals surface area (Å²) in [5.41, 5.74) is 1.97. The molecule has 1 aliphatic heterocycles. The third-order valence-electron chi connectivity index (χ3n) is 8.18. The highest BCUT2D eigenvalue weighted by atomic mass is 19.4. The summed E-state index contributed by atoms with van der Waals surface area (Å²) >= 11 is 0. The number of rotatable bonds is 8. The molecule has 6 aromatic rings. The first-order valence-electron chi connectivity index (χ1n) is 16.3. The van der Waals surface area contributed by atoms with Crippen LogP contribution in [-0.4, -0.2) is 64.5 Å². The number of ether oxygens (including phenoxy) is 3. The molecule has 270 valence electrons. The molecule has 0 unspecified atom stereocenters. The number of imidazole rings is 2. The second-order valence-corrected chi connectivity index (χ2v) is 12.2. The van der Waals surface area contributed by atoms with Crippen molar-refractivity contribution >= 4 is 34.0 Å². The maximum atomic E-state index is 13.3. The molecule has 3 aliphatic rings. The lowest BCUT2D eigenvalue weighted by molar-refractivity contribution is -0.145. The Bertz CT molecular complexity index is 2280. The van der Waals surface area contributed by atoms with Crippen molar-refractivity contribution < 1.29 is 40.6 Å². The minimum absolute atomic E-state index is 0.0781. The summed E-state index contributed by atoms with van der Waals surface area (Å²) in [6.07, 6.45) is -2.81. The molecule has 0 radical (unpaired) electrons. The molecule has 13 nitrogen and oxygen atoms in total. The Labute approximate surface area is 290 Å². The van der Waals surface area contributed by atoms with Gasteiger partial charge in [-0.05, 0) is 56.9 Å². The summed E-state index contributed by atoms with van der Waals surface area (Å²) in [6, 6.07) is 12.4. The first-order valence-corrected chi connectivity index (χ1v) is 16.3. The number of fused-ring (bicyclic) bond motifs is 3. The largest absolute Gasteiger partial charge is 0.494 e. The SMILES string of the molecule is CCOc1cccc(-n2cnc3c(NC4CC4)nc(C(F)(F)F)nc32)c1.FC(F)(F)c1nc(NC2CC2)c2ncn(-c3ccc4c(c3)OCO4)c2n1. The summed E-state index contributed by atoms with van der Waals surface area (Å²) in [5.74, 6) is -0.445. The van der Waals surface area contributed by atoms with Gasteiger partial charge >= 0.3 is 12.4 Å². The Morgan fingerprint density at radius 2 is 1.25 bits per heavy atom. The first kappa shape index (κ1) is 33.3. The quantitative estimate of drug-likeness (QED) is 0.158. The summed E-state index contributed by atoms with van der Waals surface area (Å²) in [5, 5.41) is 6.02. The van der Waals surface area contributed by atoms with Crippen LogP contribution in [0.2, 0.25) is 0 Å². The van der Waals surface area contributed by atoms with Crippen LogP contribution >= 0.6 is 0 Å². The van der Waals surface area contributed by atoms with E-state index in [1.54, 1.807) is 42.5 Å². The molecule has 0 bridgehead atoms. The number of halogens is 6. The van der Waals surface area contributed by atoms with E-state index in [1.807, 2.05) is 6.92 Å². The van der Waals surface area contributed by atoms with Crippen molar-refractivity contribution in [2.24, 2.45) is 0 Å². The van der Waals surface area contributed by atoms with E-state index in [1.165, 1.54) is 21.8 Å². The predicted octanol–water partition coefficient (Wildman–Crippen LogP) is 6.94. The zero-order chi connectivity index (χ0) is 36.2. The fourth-order valence-corrected chi connectivity index (χ4v) is 5.40. The summed E-state index contributed by atoms with van der Waals surface area (Å²) < 4.78 is 98.5. The van der Waals surface area contributed by atoms with E-state index in [-0.39, 0.29) is 41.8 Å².